The molecule has 1 spiro atoms. The Labute approximate surface area is 175 Å². The van der Waals surface area contributed by atoms with Crippen LogP contribution in [0.3, 0.4) is 0 Å². The predicted octanol–water partition coefficient (Wildman–Crippen LogP) is 3.05. The van der Waals surface area contributed by atoms with E-state index in [9.17, 15) is 9.59 Å². The molecule has 0 radical (unpaired) electrons. The normalized spacial score (nSPS) is 27.2. The summed E-state index contributed by atoms with van der Waals surface area (Å²) >= 11 is 1.53. The number of hydrogen-bond donors (Lipinski definition) is 0. The minimum atomic E-state index is -0.525. The van der Waals surface area contributed by atoms with Gasteiger partial charge in [-0.25, -0.2) is 0 Å². The van der Waals surface area contributed by atoms with Crippen LogP contribution in [0.2, 0.25) is 0 Å². The average Bonchev–Trinajstić information content (AvgIpc) is 3.08. The molecule has 1 saturated carbocycles. The van der Waals surface area contributed by atoms with Crippen molar-refractivity contribution in [1.82, 2.24) is 19.6 Å². The Morgan fingerprint density at radius 3 is 2.79 bits per heavy atom. The highest BCUT2D eigenvalue weighted by molar-refractivity contribution is 7.13. The van der Waals surface area contributed by atoms with Crippen LogP contribution in [-0.2, 0) is 11.8 Å². The number of likely N-dealkylation sites (tertiary alicyclic amines) is 2. The van der Waals surface area contributed by atoms with Crippen LogP contribution in [0.15, 0.2) is 24.4 Å². The summed E-state index contributed by atoms with van der Waals surface area (Å²) in [7, 11) is 1.94. The second kappa shape index (κ2) is 6.97. The second-order valence-electron chi connectivity index (χ2n) is 8.98. The minimum absolute atomic E-state index is 0.00508. The van der Waals surface area contributed by atoms with Gasteiger partial charge in [-0.2, -0.15) is 5.10 Å². The Balaban J connectivity index is 1.49. The molecule has 29 heavy (non-hydrogen) atoms. The lowest BCUT2D eigenvalue weighted by atomic mass is 9.70. The molecule has 2 saturated heterocycles. The third kappa shape index (κ3) is 3.19. The summed E-state index contributed by atoms with van der Waals surface area (Å²) in [5.41, 5.74) is 0.535. The number of carbonyl (C=O) groups excluding carboxylic acids is 2. The van der Waals surface area contributed by atoms with Crippen molar-refractivity contribution in [3.8, 4) is 0 Å². The summed E-state index contributed by atoms with van der Waals surface area (Å²) < 4.78 is 1.88. The largest absolute Gasteiger partial charge is 0.342 e. The molecule has 4 heterocycles. The zero-order chi connectivity index (χ0) is 20.2. The van der Waals surface area contributed by atoms with Crippen molar-refractivity contribution in [2.24, 2.45) is 18.4 Å². The van der Waals surface area contributed by atoms with Gasteiger partial charge in [-0.15, -0.1) is 11.3 Å². The fourth-order valence-corrected chi connectivity index (χ4v) is 6.07. The molecule has 0 aromatic carbocycles. The first-order valence-corrected chi connectivity index (χ1v) is 11.4. The van der Waals surface area contributed by atoms with Crippen LogP contribution in [0.25, 0.3) is 0 Å². The quantitative estimate of drug-likeness (QED) is 0.776. The zero-order valence-corrected chi connectivity index (χ0v) is 18.0. The number of carbonyl (C=O) groups is 2. The highest BCUT2D eigenvalue weighted by Gasteiger charge is 2.57. The van der Waals surface area contributed by atoms with E-state index in [4.69, 9.17) is 0 Å². The lowest BCUT2D eigenvalue weighted by Crippen LogP contribution is -2.53. The van der Waals surface area contributed by atoms with Crippen molar-refractivity contribution in [2.75, 3.05) is 26.2 Å². The fourth-order valence-electron chi connectivity index (χ4n) is 5.24. The molecule has 2 atom stereocenters. The smallest absolute Gasteiger partial charge is 0.263 e. The van der Waals surface area contributed by atoms with Crippen LogP contribution in [0.1, 0.15) is 51.8 Å². The van der Waals surface area contributed by atoms with Crippen LogP contribution in [0.4, 0.5) is 0 Å². The van der Waals surface area contributed by atoms with Gasteiger partial charge < -0.3 is 9.80 Å². The maximum absolute atomic E-state index is 13.8. The molecule has 2 aromatic rings. The van der Waals surface area contributed by atoms with Crippen LogP contribution in [0, 0.1) is 18.3 Å². The summed E-state index contributed by atoms with van der Waals surface area (Å²) in [5.74, 6) is 0.978. The van der Waals surface area contributed by atoms with Gasteiger partial charge in [0.2, 0.25) is 5.91 Å². The molecule has 3 fully saturated rings. The van der Waals surface area contributed by atoms with E-state index in [2.05, 4.69) is 10.00 Å². The van der Waals surface area contributed by atoms with Crippen molar-refractivity contribution in [3.05, 3.63) is 39.8 Å². The maximum Gasteiger partial charge on any atom is 0.263 e. The standard InChI is InChI=1S/C22H28N4O2S/c1-15-4-7-19(29-15)20(27)26-13-17(18-8-10-23-24(18)2)22(14-26)9-3-11-25(21(22)28)12-16-5-6-16/h4,7-8,10,16-17H,3,5-6,9,11-14H2,1-2H3/t17-,22+/m0/s1. The Kier molecular flexibility index (Phi) is 4.53. The van der Waals surface area contributed by atoms with Crippen molar-refractivity contribution in [2.45, 2.75) is 38.5 Å². The molecular formula is C22H28N4O2S. The van der Waals surface area contributed by atoms with E-state index in [1.165, 1.54) is 24.2 Å². The van der Waals surface area contributed by atoms with Crippen LogP contribution in [-0.4, -0.2) is 57.6 Å². The van der Waals surface area contributed by atoms with Gasteiger partial charge in [0.25, 0.3) is 5.91 Å². The molecule has 7 heteroatoms. The summed E-state index contributed by atoms with van der Waals surface area (Å²) in [6.45, 7) is 4.85. The number of amides is 2. The van der Waals surface area contributed by atoms with Gasteiger partial charge in [0.1, 0.15) is 0 Å². The molecule has 0 unspecified atom stereocenters. The Hall–Kier alpha value is -2.15. The SMILES string of the molecule is Cc1ccc(C(=O)N2C[C@@H](c3ccnn3C)[C@@]3(CCCN(CC4CC4)C3=O)C2)s1. The molecule has 2 amide bonds. The molecule has 154 valence electrons. The molecule has 2 aromatic heterocycles. The van der Waals surface area contributed by atoms with Crippen LogP contribution >= 0.6 is 11.3 Å². The van der Waals surface area contributed by atoms with E-state index in [-0.39, 0.29) is 17.7 Å². The van der Waals surface area contributed by atoms with Gasteiger partial charge in [-0.1, -0.05) is 0 Å². The van der Waals surface area contributed by atoms with Gasteiger partial charge in [0.05, 0.1) is 10.3 Å². The van der Waals surface area contributed by atoms with E-state index in [0.29, 0.717) is 19.0 Å². The number of nitrogens with zero attached hydrogens (tertiary/aromatic N) is 4. The lowest BCUT2D eigenvalue weighted by molar-refractivity contribution is -0.146. The molecular weight excluding hydrogens is 384 g/mol. The highest BCUT2D eigenvalue weighted by atomic mass is 32.1. The summed E-state index contributed by atoms with van der Waals surface area (Å²) in [6.07, 6.45) is 6.13. The van der Waals surface area contributed by atoms with Crippen molar-refractivity contribution in [1.29, 1.82) is 0 Å². The number of aromatic nitrogens is 2. The minimum Gasteiger partial charge on any atom is -0.342 e. The van der Waals surface area contributed by atoms with E-state index >= 15 is 0 Å². The highest BCUT2D eigenvalue weighted by Crippen LogP contribution is 2.50. The third-order valence-corrected chi connectivity index (χ3v) is 7.93. The molecule has 0 N–H and O–H groups in total. The fraction of sp³-hybridized carbons (Fsp3) is 0.591. The number of rotatable bonds is 4. The van der Waals surface area contributed by atoms with Crippen molar-refractivity contribution < 1.29 is 9.59 Å². The molecule has 0 bridgehead atoms. The maximum atomic E-state index is 13.8. The molecule has 3 aliphatic rings. The number of aryl methyl sites for hydroxylation is 2. The van der Waals surface area contributed by atoms with Crippen molar-refractivity contribution in [3.63, 3.8) is 0 Å². The van der Waals surface area contributed by atoms with E-state index < -0.39 is 5.41 Å². The molecule has 6 nitrogen and oxygen atoms in total. The number of thiophene rings is 1. The average molecular weight is 413 g/mol. The van der Waals surface area contributed by atoms with E-state index in [1.54, 1.807) is 6.20 Å². The Bertz CT molecular complexity index is 946. The first-order valence-electron chi connectivity index (χ1n) is 10.6. The van der Waals surface area contributed by atoms with E-state index in [0.717, 1.165) is 41.4 Å². The topological polar surface area (TPSA) is 58.4 Å². The van der Waals surface area contributed by atoms with E-state index in [1.807, 2.05) is 41.8 Å². The lowest BCUT2D eigenvalue weighted by Gasteiger charge is -2.42. The van der Waals surface area contributed by atoms with Gasteiger partial charge in [0.15, 0.2) is 0 Å². The predicted molar refractivity (Wildman–Crippen MR) is 112 cm³/mol. The third-order valence-electron chi connectivity index (χ3n) is 6.94. The Morgan fingerprint density at radius 2 is 2.14 bits per heavy atom. The summed E-state index contributed by atoms with van der Waals surface area (Å²) in [6, 6.07) is 5.92. The van der Waals surface area contributed by atoms with Gasteiger partial charge >= 0.3 is 0 Å². The van der Waals surface area contributed by atoms with Gasteiger partial charge in [-0.3, -0.25) is 14.3 Å². The monoisotopic (exact) mass is 412 g/mol. The van der Waals surface area contributed by atoms with Crippen LogP contribution in [0.5, 0.6) is 0 Å². The molecule has 5 rings (SSSR count). The first kappa shape index (κ1) is 18.9. The van der Waals surface area contributed by atoms with Gasteiger partial charge in [-0.05, 0) is 56.7 Å². The summed E-state index contributed by atoms with van der Waals surface area (Å²) in [4.78, 5) is 33.0. The van der Waals surface area contributed by atoms with Crippen molar-refractivity contribution >= 4 is 23.2 Å². The number of hydrogen-bond acceptors (Lipinski definition) is 4. The molecule has 1 aliphatic carbocycles. The Morgan fingerprint density at radius 1 is 1.31 bits per heavy atom. The zero-order valence-electron chi connectivity index (χ0n) is 17.1. The molecule has 2 aliphatic heterocycles. The first-order chi connectivity index (χ1) is 14.0. The number of piperidine rings is 1. The van der Waals surface area contributed by atoms with Gasteiger partial charge in [0, 0.05) is 55.9 Å². The van der Waals surface area contributed by atoms with Crippen LogP contribution < -0.4 is 0 Å². The summed E-state index contributed by atoms with van der Waals surface area (Å²) in [5, 5.41) is 4.36. The second-order valence-corrected chi connectivity index (χ2v) is 10.3.